The van der Waals surface area contributed by atoms with Gasteiger partial charge in [0.15, 0.2) is 16.4 Å². The Bertz CT molecular complexity index is 1110. The highest BCUT2D eigenvalue weighted by molar-refractivity contribution is 7.91. The van der Waals surface area contributed by atoms with Crippen molar-refractivity contribution in [3.05, 3.63) is 52.3 Å². The van der Waals surface area contributed by atoms with Gasteiger partial charge in [0.25, 0.3) is 11.6 Å². The molecule has 1 atom stereocenters. The Morgan fingerprint density at radius 3 is 2.47 bits per heavy atom. The Morgan fingerprint density at radius 2 is 1.91 bits per heavy atom. The number of carbonyl (C=O) groups excluding carboxylic acids is 2. The minimum absolute atomic E-state index is 0.0388. The zero-order valence-corrected chi connectivity index (χ0v) is 18.5. The Balaban J connectivity index is 1.63. The van der Waals surface area contributed by atoms with Crippen LogP contribution in [0.2, 0.25) is 0 Å². The Morgan fingerprint density at radius 1 is 1.22 bits per heavy atom. The molecule has 0 spiro atoms. The molecule has 0 aliphatic carbocycles. The van der Waals surface area contributed by atoms with E-state index in [1.807, 2.05) is 13.8 Å². The minimum atomic E-state index is -3.17. The van der Waals surface area contributed by atoms with E-state index >= 15 is 0 Å². The lowest BCUT2D eigenvalue weighted by molar-refractivity contribution is -0.384. The molecule has 1 saturated heterocycles. The summed E-state index contributed by atoms with van der Waals surface area (Å²) in [5.41, 5.74) is 0.468. The molecule has 1 aromatic carbocycles. The van der Waals surface area contributed by atoms with E-state index in [1.54, 1.807) is 0 Å². The summed E-state index contributed by atoms with van der Waals surface area (Å²) in [5.74, 6) is -1.03. The van der Waals surface area contributed by atoms with Gasteiger partial charge in [0.2, 0.25) is 5.76 Å². The number of nitro groups is 1. The third-order valence-corrected chi connectivity index (χ3v) is 6.78. The van der Waals surface area contributed by atoms with Gasteiger partial charge in [-0.25, -0.2) is 13.2 Å². The van der Waals surface area contributed by atoms with Crippen LogP contribution in [0.25, 0.3) is 11.3 Å². The zero-order chi connectivity index (χ0) is 23.5. The molecule has 11 heteroatoms. The van der Waals surface area contributed by atoms with Crippen LogP contribution >= 0.6 is 0 Å². The normalized spacial score (nSPS) is 17.3. The van der Waals surface area contributed by atoms with Crippen LogP contribution in [-0.4, -0.2) is 60.8 Å². The lowest BCUT2D eigenvalue weighted by atomic mass is 10.1. The molecule has 1 amide bonds. The van der Waals surface area contributed by atoms with Gasteiger partial charge in [-0.2, -0.15) is 0 Å². The van der Waals surface area contributed by atoms with E-state index in [4.69, 9.17) is 9.15 Å². The van der Waals surface area contributed by atoms with Gasteiger partial charge in [-0.15, -0.1) is 0 Å². The second-order valence-corrected chi connectivity index (χ2v) is 10.3. The Labute approximate surface area is 185 Å². The average molecular weight is 464 g/mol. The SMILES string of the molecule is CC(C)CN(C(=O)COC(=O)c1ccc(-c2ccc([N+](=O)[O-])cc2)o1)C1CCS(=O)(=O)C1. The molecule has 0 bridgehead atoms. The highest BCUT2D eigenvalue weighted by atomic mass is 32.2. The fourth-order valence-corrected chi connectivity index (χ4v) is 5.23. The number of ether oxygens (including phenoxy) is 1. The highest BCUT2D eigenvalue weighted by Gasteiger charge is 2.35. The smallest absolute Gasteiger partial charge is 0.374 e. The molecule has 172 valence electrons. The number of rotatable bonds is 8. The van der Waals surface area contributed by atoms with Crippen LogP contribution in [0.5, 0.6) is 0 Å². The molecule has 2 aromatic rings. The van der Waals surface area contributed by atoms with Crippen molar-refractivity contribution in [3.8, 4) is 11.3 Å². The summed E-state index contributed by atoms with van der Waals surface area (Å²) in [7, 11) is -3.17. The molecular weight excluding hydrogens is 440 g/mol. The molecule has 10 nitrogen and oxygen atoms in total. The number of nitrogens with zero attached hydrogens (tertiary/aromatic N) is 2. The molecule has 0 saturated carbocycles. The molecule has 2 heterocycles. The van der Waals surface area contributed by atoms with E-state index in [0.29, 0.717) is 24.3 Å². The van der Waals surface area contributed by atoms with Crippen molar-refractivity contribution in [2.24, 2.45) is 5.92 Å². The average Bonchev–Trinajstić information content (AvgIpc) is 3.36. The van der Waals surface area contributed by atoms with Crippen LogP contribution in [-0.2, 0) is 19.4 Å². The predicted octanol–water partition coefficient (Wildman–Crippen LogP) is 2.68. The van der Waals surface area contributed by atoms with E-state index in [1.165, 1.54) is 41.3 Å². The number of hydrogen-bond donors (Lipinski definition) is 0. The largest absolute Gasteiger partial charge is 0.450 e. The van der Waals surface area contributed by atoms with E-state index < -0.39 is 39.3 Å². The zero-order valence-electron chi connectivity index (χ0n) is 17.7. The van der Waals surface area contributed by atoms with Crippen molar-refractivity contribution in [2.75, 3.05) is 24.7 Å². The van der Waals surface area contributed by atoms with Gasteiger partial charge in [-0.05, 0) is 36.6 Å². The first-order valence-electron chi connectivity index (χ1n) is 10.1. The summed E-state index contributed by atoms with van der Waals surface area (Å²) in [6.45, 7) is 3.66. The standard InChI is InChI=1S/C21H24N2O8S/c1-14(2)11-22(17-9-10-32(28,29)13-17)20(24)12-30-21(25)19-8-7-18(31-19)15-3-5-16(6-4-15)23(26)27/h3-8,14,17H,9-13H2,1-2H3. The summed E-state index contributed by atoms with van der Waals surface area (Å²) in [4.78, 5) is 36.7. The van der Waals surface area contributed by atoms with E-state index in [0.717, 1.165) is 0 Å². The quantitative estimate of drug-likeness (QED) is 0.330. The van der Waals surface area contributed by atoms with Crippen molar-refractivity contribution < 1.29 is 32.1 Å². The highest BCUT2D eigenvalue weighted by Crippen LogP contribution is 2.25. The molecule has 0 radical (unpaired) electrons. The fourth-order valence-electron chi connectivity index (χ4n) is 3.50. The van der Waals surface area contributed by atoms with Crippen molar-refractivity contribution in [3.63, 3.8) is 0 Å². The molecule has 0 N–H and O–H groups in total. The first kappa shape index (κ1) is 23.5. The molecule has 1 fully saturated rings. The van der Waals surface area contributed by atoms with E-state index in [-0.39, 0.29) is 28.9 Å². The van der Waals surface area contributed by atoms with Crippen LogP contribution in [0.1, 0.15) is 30.8 Å². The first-order valence-corrected chi connectivity index (χ1v) is 11.9. The van der Waals surface area contributed by atoms with Crippen LogP contribution in [0.15, 0.2) is 40.8 Å². The van der Waals surface area contributed by atoms with Crippen LogP contribution in [0, 0.1) is 16.0 Å². The number of carbonyl (C=O) groups is 2. The predicted molar refractivity (Wildman–Crippen MR) is 115 cm³/mol. The van der Waals surface area contributed by atoms with Crippen molar-refractivity contribution in [1.29, 1.82) is 0 Å². The summed E-state index contributed by atoms with van der Waals surface area (Å²) in [6, 6.07) is 8.12. The van der Waals surface area contributed by atoms with Crippen LogP contribution in [0.4, 0.5) is 5.69 Å². The fraction of sp³-hybridized carbons (Fsp3) is 0.429. The van der Waals surface area contributed by atoms with Crippen LogP contribution in [0.3, 0.4) is 0 Å². The monoisotopic (exact) mass is 464 g/mol. The number of non-ortho nitro benzene ring substituents is 1. The van der Waals surface area contributed by atoms with Crippen molar-refractivity contribution >= 4 is 27.4 Å². The maximum absolute atomic E-state index is 12.7. The molecular formula is C21H24N2O8S. The van der Waals surface area contributed by atoms with E-state index in [9.17, 15) is 28.1 Å². The van der Waals surface area contributed by atoms with E-state index in [2.05, 4.69) is 0 Å². The maximum Gasteiger partial charge on any atom is 0.374 e. The van der Waals surface area contributed by atoms with Gasteiger partial charge in [0.05, 0.1) is 16.4 Å². The topological polar surface area (TPSA) is 137 Å². The van der Waals surface area contributed by atoms with Gasteiger partial charge < -0.3 is 14.1 Å². The minimum Gasteiger partial charge on any atom is -0.450 e. The lowest BCUT2D eigenvalue weighted by Crippen LogP contribution is -2.45. The number of benzene rings is 1. The number of nitro benzene ring substituents is 1. The number of furan rings is 1. The third-order valence-electron chi connectivity index (χ3n) is 5.03. The summed E-state index contributed by atoms with van der Waals surface area (Å²) in [6.07, 6.45) is 0.367. The second kappa shape index (κ2) is 9.51. The van der Waals surface area contributed by atoms with Crippen molar-refractivity contribution in [2.45, 2.75) is 26.3 Å². The molecule has 32 heavy (non-hydrogen) atoms. The Kier molecular flexibility index (Phi) is 6.97. The summed E-state index contributed by atoms with van der Waals surface area (Å²) in [5, 5.41) is 10.8. The summed E-state index contributed by atoms with van der Waals surface area (Å²) < 4.78 is 34.2. The third kappa shape index (κ3) is 5.72. The number of sulfone groups is 1. The van der Waals surface area contributed by atoms with Gasteiger partial charge in [0.1, 0.15) is 5.76 Å². The first-order chi connectivity index (χ1) is 15.1. The number of amides is 1. The van der Waals surface area contributed by atoms with Crippen molar-refractivity contribution in [1.82, 2.24) is 4.90 Å². The molecule has 1 unspecified atom stereocenters. The van der Waals surface area contributed by atoms with Gasteiger partial charge in [-0.3, -0.25) is 14.9 Å². The Hall–Kier alpha value is -3.21. The molecule has 1 aliphatic heterocycles. The van der Waals surface area contributed by atoms with Crippen LogP contribution < -0.4 is 0 Å². The molecule has 1 aromatic heterocycles. The van der Waals surface area contributed by atoms with Gasteiger partial charge >= 0.3 is 5.97 Å². The number of esters is 1. The van der Waals surface area contributed by atoms with Gasteiger partial charge in [-0.1, -0.05) is 13.8 Å². The maximum atomic E-state index is 12.7. The lowest BCUT2D eigenvalue weighted by Gasteiger charge is -2.29. The molecule has 3 rings (SSSR count). The second-order valence-electron chi connectivity index (χ2n) is 8.04. The molecule has 1 aliphatic rings. The van der Waals surface area contributed by atoms with Gasteiger partial charge in [0, 0.05) is 30.3 Å². The number of hydrogen-bond acceptors (Lipinski definition) is 8. The summed E-state index contributed by atoms with van der Waals surface area (Å²) >= 11 is 0.